The Hall–Kier alpha value is -4.11. The van der Waals surface area contributed by atoms with E-state index in [0.29, 0.717) is 11.4 Å². The van der Waals surface area contributed by atoms with E-state index in [1.807, 2.05) is 86.1 Å². The molecule has 2 aromatic carbocycles. The molecule has 4 rings (SSSR count). The maximum absolute atomic E-state index is 9.92. The Morgan fingerprint density at radius 1 is 1.12 bits per heavy atom. The highest BCUT2D eigenvalue weighted by molar-refractivity contribution is 6.14. The van der Waals surface area contributed by atoms with Gasteiger partial charge in [0.05, 0.1) is 29.6 Å². The van der Waals surface area contributed by atoms with E-state index in [2.05, 4.69) is 21.4 Å². The highest BCUT2D eigenvalue weighted by Crippen LogP contribution is 2.39. The van der Waals surface area contributed by atoms with Crippen LogP contribution in [-0.4, -0.2) is 22.3 Å². The molecule has 3 N–H and O–H groups in total. The van der Waals surface area contributed by atoms with Gasteiger partial charge < -0.3 is 15.6 Å². The van der Waals surface area contributed by atoms with Crippen LogP contribution >= 0.6 is 0 Å². The van der Waals surface area contributed by atoms with Crippen molar-refractivity contribution in [3.05, 3.63) is 107 Å². The molecule has 0 aliphatic carbocycles. The number of aliphatic imine (C=N–C) groups is 1. The van der Waals surface area contributed by atoms with Crippen LogP contribution in [0.1, 0.15) is 37.8 Å². The molecule has 1 aliphatic rings. The lowest BCUT2D eigenvalue weighted by molar-refractivity contribution is 0.808. The number of benzene rings is 2. The molecule has 0 spiro atoms. The summed E-state index contributed by atoms with van der Waals surface area (Å²) < 4.78 is 1.94. The first-order valence-electron chi connectivity index (χ1n) is 10.6. The number of allylic oxidation sites excluding steroid dienone is 3. The first kappa shape index (κ1) is 22.6. The summed E-state index contributed by atoms with van der Waals surface area (Å²) in [4.78, 5) is 8.69. The number of nitrogens with zero attached hydrogens (tertiary/aromatic N) is 4. The third-order valence-corrected chi connectivity index (χ3v) is 5.27. The van der Waals surface area contributed by atoms with Gasteiger partial charge in [0.1, 0.15) is 5.82 Å². The van der Waals surface area contributed by atoms with Gasteiger partial charge in [0.2, 0.25) is 0 Å². The average Bonchev–Trinajstić information content (AvgIpc) is 3.38. The first-order chi connectivity index (χ1) is 15.6. The van der Waals surface area contributed by atoms with E-state index >= 15 is 0 Å². The summed E-state index contributed by atoms with van der Waals surface area (Å²) in [5.41, 5.74) is 12.3. The topological polar surface area (TPSA) is 92.0 Å². The van der Waals surface area contributed by atoms with E-state index in [9.17, 15) is 5.26 Å². The Labute approximate surface area is 189 Å². The largest absolute Gasteiger partial charge is 0.384 e. The molecule has 0 radical (unpaired) electrons. The molecule has 0 amide bonds. The van der Waals surface area contributed by atoms with Gasteiger partial charge in [0.15, 0.2) is 0 Å². The third kappa shape index (κ3) is 4.33. The number of hydrogen-bond donors (Lipinski definition) is 2. The molecule has 0 saturated heterocycles. The fourth-order valence-corrected chi connectivity index (χ4v) is 3.88. The lowest BCUT2D eigenvalue weighted by Crippen LogP contribution is -2.32. The summed E-state index contributed by atoms with van der Waals surface area (Å²) in [6.07, 6.45) is 5.39. The number of dihydropyridines is 1. The zero-order valence-corrected chi connectivity index (χ0v) is 18.9. The second-order valence-electron chi connectivity index (χ2n) is 7.04. The molecule has 3 aromatic rings. The Bertz CT molecular complexity index is 1180. The van der Waals surface area contributed by atoms with Gasteiger partial charge in [-0.1, -0.05) is 56.3 Å². The van der Waals surface area contributed by atoms with Crippen molar-refractivity contribution in [3.8, 4) is 11.8 Å². The predicted molar refractivity (Wildman–Crippen MR) is 129 cm³/mol. The standard InChI is InChI=1S/C24H22N6.C2H6/c1-16-21(23(27-2)18-6-4-3-5-7-18)22(20(14-25)24(26)29-16)17-8-10-19(11-9-17)30-13-12-28-15-30;1-2/h3-13,15,22,29H,26H2,1-2H3;1-2H3. The van der Waals surface area contributed by atoms with E-state index < -0.39 is 0 Å². The fraction of sp³-hybridized carbons (Fsp3) is 0.192. The summed E-state index contributed by atoms with van der Waals surface area (Å²) in [5.74, 6) is 0.0675. The molecule has 6 heteroatoms. The van der Waals surface area contributed by atoms with Crippen molar-refractivity contribution in [1.82, 2.24) is 14.9 Å². The van der Waals surface area contributed by atoms with Crippen LogP contribution in [0.15, 0.2) is 101 Å². The van der Waals surface area contributed by atoms with Gasteiger partial charge in [0, 0.05) is 42.0 Å². The Morgan fingerprint density at radius 2 is 1.81 bits per heavy atom. The number of nitrogens with one attached hydrogen (secondary N) is 1. The molecule has 1 unspecified atom stereocenters. The highest BCUT2D eigenvalue weighted by Gasteiger charge is 2.32. The van der Waals surface area contributed by atoms with Crippen LogP contribution in [0, 0.1) is 11.3 Å². The van der Waals surface area contributed by atoms with E-state index in [1.54, 1.807) is 19.6 Å². The van der Waals surface area contributed by atoms with Crippen molar-refractivity contribution in [1.29, 1.82) is 5.26 Å². The smallest absolute Gasteiger partial charge is 0.115 e. The van der Waals surface area contributed by atoms with Crippen molar-refractivity contribution in [2.45, 2.75) is 26.7 Å². The zero-order chi connectivity index (χ0) is 23.1. The SMILES string of the molecule is CC.CN=C(C1=C(C)NC(N)=C(C#N)C1c1ccc(-n2ccnc2)cc1)c1ccccc1. The first-order valence-corrected chi connectivity index (χ1v) is 10.6. The number of hydrogen-bond acceptors (Lipinski definition) is 5. The van der Waals surface area contributed by atoms with Crippen LogP contribution < -0.4 is 11.1 Å². The van der Waals surface area contributed by atoms with Crippen LogP contribution in [0.2, 0.25) is 0 Å². The van der Waals surface area contributed by atoms with Gasteiger partial charge in [-0.3, -0.25) is 4.99 Å². The van der Waals surface area contributed by atoms with Gasteiger partial charge in [-0.15, -0.1) is 0 Å². The number of imidazole rings is 1. The Kier molecular flexibility index (Phi) is 7.25. The van der Waals surface area contributed by atoms with Gasteiger partial charge in [0.25, 0.3) is 0 Å². The number of nitrogens with two attached hydrogens (primary N) is 1. The van der Waals surface area contributed by atoms with E-state index in [-0.39, 0.29) is 5.92 Å². The minimum absolute atomic E-state index is 0.313. The molecule has 1 atom stereocenters. The maximum Gasteiger partial charge on any atom is 0.115 e. The monoisotopic (exact) mass is 424 g/mol. The van der Waals surface area contributed by atoms with E-state index in [1.165, 1.54) is 0 Å². The third-order valence-electron chi connectivity index (χ3n) is 5.27. The molecular weight excluding hydrogens is 396 g/mol. The normalized spacial score (nSPS) is 16.1. The van der Waals surface area contributed by atoms with Crippen molar-refractivity contribution in [3.63, 3.8) is 0 Å². The van der Waals surface area contributed by atoms with Gasteiger partial charge in [-0.25, -0.2) is 4.98 Å². The molecule has 0 bridgehead atoms. The summed E-state index contributed by atoms with van der Waals surface area (Å²) in [5, 5.41) is 13.1. The zero-order valence-electron chi connectivity index (χ0n) is 18.9. The lowest BCUT2D eigenvalue weighted by Gasteiger charge is -2.30. The molecular formula is C26H28N6. The van der Waals surface area contributed by atoms with Gasteiger partial charge in [-0.2, -0.15) is 5.26 Å². The molecule has 6 nitrogen and oxygen atoms in total. The fourth-order valence-electron chi connectivity index (χ4n) is 3.88. The molecule has 162 valence electrons. The maximum atomic E-state index is 9.92. The van der Waals surface area contributed by atoms with Crippen molar-refractivity contribution >= 4 is 5.71 Å². The van der Waals surface area contributed by atoms with Crippen molar-refractivity contribution < 1.29 is 0 Å². The summed E-state index contributed by atoms with van der Waals surface area (Å²) in [6.45, 7) is 5.97. The Balaban J connectivity index is 0.00000141. The van der Waals surface area contributed by atoms with Crippen LogP contribution in [-0.2, 0) is 0 Å². The Morgan fingerprint density at radius 3 is 2.38 bits per heavy atom. The quantitative estimate of drug-likeness (QED) is 0.595. The number of aromatic nitrogens is 2. The molecule has 32 heavy (non-hydrogen) atoms. The van der Waals surface area contributed by atoms with Crippen LogP contribution in [0.5, 0.6) is 0 Å². The second kappa shape index (κ2) is 10.3. The molecule has 1 aliphatic heterocycles. The van der Waals surface area contributed by atoms with Crippen LogP contribution in [0.25, 0.3) is 5.69 Å². The number of rotatable bonds is 4. The van der Waals surface area contributed by atoms with E-state index in [0.717, 1.165) is 33.8 Å². The predicted octanol–water partition coefficient (Wildman–Crippen LogP) is 4.67. The lowest BCUT2D eigenvalue weighted by atomic mass is 9.78. The summed E-state index contributed by atoms with van der Waals surface area (Å²) >= 11 is 0. The molecule has 2 heterocycles. The molecule has 0 fully saturated rings. The minimum atomic E-state index is -0.313. The molecule has 1 aromatic heterocycles. The summed E-state index contributed by atoms with van der Waals surface area (Å²) in [7, 11) is 1.77. The van der Waals surface area contributed by atoms with Crippen LogP contribution in [0.4, 0.5) is 0 Å². The van der Waals surface area contributed by atoms with Gasteiger partial charge in [-0.05, 0) is 24.6 Å². The average molecular weight is 425 g/mol. The van der Waals surface area contributed by atoms with Crippen LogP contribution in [0.3, 0.4) is 0 Å². The van der Waals surface area contributed by atoms with Gasteiger partial charge >= 0.3 is 0 Å². The van der Waals surface area contributed by atoms with Crippen molar-refractivity contribution in [2.24, 2.45) is 10.7 Å². The molecule has 0 saturated carbocycles. The second-order valence-corrected chi connectivity index (χ2v) is 7.04. The highest BCUT2D eigenvalue weighted by atomic mass is 15.0. The summed E-state index contributed by atoms with van der Waals surface area (Å²) in [6, 6.07) is 20.4. The minimum Gasteiger partial charge on any atom is -0.384 e. The van der Waals surface area contributed by atoms with Crippen molar-refractivity contribution in [2.75, 3.05) is 7.05 Å². The number of nitriles is 1. The van der Waals surface area contributed by atoms with E-state index in [4.69, 9.17) is 5.73 Å².